The second kappa shape index (κ2) is 6.89. The smallest absolute Gasteiger partial charge is 0.338 e. The zero-order valence-electron chi connectivity index (χ0n) is 13.1. The van der Waals surface area contributed by atoms with Gasteiger partial charge in [-0.25, -0.2) is 4.79 Å². The summed E-state index contributed by atoms with van der Waals surface area (Å²) in [5.41, 5.74) is -1.35. The van der Waals surface area contributed by atoms with Gasteiger partial charge in [0.1, 0.15) is 0 Å². The monoisotopic (exact) mass is 340 g/mol. The molecule has 10 nitrogen and oxygen atoms in total. The zero-order chi connectivity index (χ0) is 17.9. The van der Waals surface area contributed by atoms with Crippen LogP contribution < -0.4 is 0 Å². The van der Waals surface area contributed by atoms with Gasteiger partial charge in [0.2, 0.25) is 0 Å². The fraction of sp³-hybridized carbons (Fsp3) is 0.500. The molecule has 0 aromatic heterocycles. The van der Waals surface area contributed by atoms with Crippen LogP contribution in [0.15, 0.2) is 18.2 Å². The van der Waals surface area contributed by atoms with Gasteiger partial charge in [-0.1, -0.05) is 0 Å². The number of nitrogens with zero attached hydrogens (tertiary/aromatic N) is 2. The molecule has 0 saturated carbocycles. The summed E-state index contributed by atoms with van der Waals surface area (Å²) in [4.78, 5) is 31.9. The average molecular weight is 340 g/mol. The number of nitro groups is 2. The van der Waals surface area contributed by atoms with Crippen LogP contribution in [0, 0.1) is 20.2 Å². The van der Waals surface area contributed by atoms with Gasteiger partial charge < -0.3 is 14.2 Å². The van der Waals surface area contributed by atoms with Gasteiger partial charge >= 0.3 is 5.97 Å². The molecule has 1 aromatic carbocycles. The summed E-state index contributed by atoms with van der Waals surface area (Å²) in [6, 6.07) is 2.66. The number of rotatable bonds is 6. The van der Waals surface area contributed by atoms with E-state index in [9.17, 15) is 25.0 Å². The molecule has 1 aromatic rings. The molecule has 2 rings (SSSR count). The van der Waals surface area contributed by atoms with Crippen LogP contribution in [-0.4, -0.2) is 40.9 Å². The Morgan fingerprint density at radius 2 is 1.83 bits per heavy atom. The third-order valence-electron chi connectivity index (χ3n) is 3.30. The Balaban J connectivity index is 1.99. The molecule has 10 heteroatoms. The molecule has 24 heavy (non-hydrogen) atoms. The molecular formula is C14H16N2O8. The number of nitro benzene ring substituents is 2. The summed E-state index contributed by atoms with van der Waals surface area (Å²) >= 11 is 0. The minimum Gasteiger partial charge on any atom is -0.462 e. The Morgan fingerprint density at radius 3 is 2.29 bits per heavy atom. The molecule has 0 amide bonds. The van der Waals surface area contributed by atoms with E-state index in [1.807, 2.05) is 0 Å². The molecule has 0 spiro atoms. The van der Waals surface area contributed by atoms with Gasteiger partial charge in [0.05, 0.1) is 40.8 Å². The fourth-order valence-corrected chi connectivity index (χ4v) is 2.20. The van der Waals surface area contributed by atoms with Crippen molar-refractivity contribution in [2.45, 2.75) is 32.2 Å². The van der Waals surface area contributed by atoms with Crippen molar-refractivity contribution < 1.29 is 28.9 Å². The average Bonchev–Trinajstić information content (AvgIpc) is 2.85. The lowest BCUT2D eigenvalue weighted by molar-refractivity contribution is -0.394. The molecule has 0 bridgehead atoms. The molecule has 1 aliphatic rings. The van der Waals surface area contributed by atoms with Gasteiger partial charge in [0.15, 0.2) is 5.79 Å². The second-order valence-electron chi connectivity index (χ2n) is 5.63. The predicted octanol–water partition coefficient (Wildman–Crippen LogP) is 2.20. The zero-order valence-corrected chi connectivity index (χ0v) is 13.1. The molecule has 1 atom stereocenters. The molecule has 0 radical (unpaired) electrons. The van der Waals surface area contributed by atoms with Crippen molar-refractivity contribution in [2.75, 3.05) is 13.2 Å². The van der Waals surface area contributed by atoms with E-state index in [0.717, 1.165) is 18.2 Å². The minimum atomic E-state index is -0.875. The summed E-state index contributed by atoms with van der Waals surface area (Å²) < 4.78 is 15.9. The highest BCUT2D eigenvalue weighted by atomic mass is 16.7. The Labute approximate surface area is 136 Å². The van der Waals surface area contributed by atoms with Crippen molar-refractivity contribution in [2.24, 2.45) is 0 Å². The number of hydrogen-bond donors (Lipinski definition) is 0. The maximum atomic E-state index is 12.0. The molecule has 0 N–H and O–H groups in total. The first-order valence-electron chi connectivity index (χ1n) is 7.11. The number of carbonyl (C=O) groups excluding carboxylic acids is 1. The third-order valence-corrected chi connectivity index (χ3v) is 3.30. The highest BCUT2D eigenvalue weighted by Crippen LogP contribution is 2.25. The van der Waals surface area contributed by atoms with E-state index < -0.39 is 33.0 Å². The van der Waals surface area contributed by atoms with Crippen LogP contribution in [0.4, 0.5) is 11.4 Å². The minimum absolute atomic E-state index is 0.000566. The normalized spacial score (nSPS) is 19.0. The van der Waals surface area contributed by atoms with E-state index in [-0.39, 0.29) is 18.3 Å². The highest BCUT2D eigenvalue weighted by Gasteiger charge is 2.32. The number of esters is 1. The Bertz CT molecular complexity index is 640. The maximum absolute atomic E-state index is 12.0. The van der Waals surface area contributed by atoms with Crippen molar-refractivity contribution in [1.82, 2.24) is 0 Å². The van der Waals surface area contributed by atoms with Crippen LogP contribution in [-0.2, 0) is 14.2 Å². The SMILES string of the molecule is CC1(C)OC[C@H](CCOC(=O)c2cc([N+](=O)[O-])cc([N+](=O)[O-])c2)O1. The number of non-ortho nitro benzene ring substituents is 2. The molecule has 0 unspecified atom stereocenters. The van der Waals surface area contributed by atoms with Crippen LogP contribution in [0.3, 0.4) is 0 Å². The molecule has 130 valence electrons. The number of carbonyl (C=O) groups is 1. The summed E-state index contributed by atoms with van der Waals surface area (Å²) in [7, 11) is 0. The standard InChI is InChI=1S/C14H16N2O8/c1-14(2)23-8-12(24-14)3-4-22-13(17)9-5-10(15(18)19)7-11(6-9)16(20)21/h5-7,12H,3-4,8H2,1-2H3/t12-/m0/s1. The van der Waals surface area contributed by atoms with Crippen molar-refractivity contribution in [3.63, 3.8) is 0 Å². The van der Waals surface area contributed by atoms with Gasteiger partial charge in [0, 0.05) is 18.6 Å². The number of ether oxygens (including phenoxy) is 3. The van der Waals surface area contributed by atoms with Crippen molar-refractivity contribution in [3.8, 4) is 0 Å². The van der Waals surface area contributed by atoms with Crippen molar-refractivity contribution in [1.29, 1.82) is 0 Å². The van der Waals surface area contributed by atoms with Gasteiger partial charge in [-0.15, -0.1) is 0 Å². The van der Waals surface area contributed by atoms with Crippen LogP contribution in [0.1, 0.15) is 30.6 Å². The summed E-state index contributed by atoms with van der Waals surface area (Å²) in [6.07, 6.45) is 0.152. The first kappa shape index (κ1) is 17.8. The van der Waals surface area contributed by atoms with E-state index in [0.29, 0.717) is 13.0 Å². The predicted molar refractivity (Wildman–Crippen MR) is 79.6 cm³/mol. The number of hydrogen-bond acceptors (Lipinski definition) is 8. The van der Waals surface area contributed by atoms with E-state index in [4.69, 9.17) is 14.2 Å². The van der Waals surface area contributed by atoms with Crippen molar-refractivity contribution >= 4 is 17.3 Å². The molecule has 1 fully saturated rings. The van der Waals surface area contributed by atoms with Gasteiger partial charge in [-0.2, -0.15) is 0 Å². The van der Waals surface area contributed by atoms with Gasteiger partial charge in [0.25, 0.3) is 11.4 Å². The molecule has 0 aliphatic carbocycles. The Hall–Kier alpha value is -2.59. The Kier molecular flexibility index (Phi) is 5.10. The molecule has 1 heterocycles. The molecule has 1 aliphatic heterocycles. The highest BCUT2D eigenvalue weighted by molar-refractivity contribution is 5.91. The largest absolute Gasteiger partial charge is 0.462 e. The Morgan fingerprint density at radius 1 is 1.25 bits per heavy atom. The lowest BCUT2D eigenvalue weighted by Gasteiger charge is -2.16. The van der Waals surface area contributed by atoms with Gasteiger partial charge in [-0.05, 0) is 13.8 Å². The lowest BCUT2D eigenvalue weighted by atomic mass is 10.2. The summed E-state index contributed by atoms with van der Waals surface area (Å²) in [5, 5.41) is 21.6. The lowest BCUT2D eigenvalue weighted by Crippen LogP contribution is -2.22. The topological polar surface area (TPSA) is 131 Å². The summed E-state index contributed by atoms with van der Waals surface area (Å²) in [6.45, 7) is 3.90. The first-order valence-corrected chi connectivity index (χ1v) is 7.11. The third kappa shape index (κ3) is 4.46. The number of benzene rings is 1. The van der Waals surface area contributed by atoms with Crippen LogP contribution in [0.5, 0.6) is 0 Å². The molecule has 1 saturated heterocycles. The van der Waals surface area contributed by atoms with Crippen LogP contribution >= 0.6 is 0 Å². The van der Waals surface area contributed by atoms with Gasteiger partial charge in [-0.3, -0.25) is 20.2 Å². The summed E-state index contributed by atoms with van der Waals surface area (Å²) in [5.74, 6) is -1.56. The van der Waals surface area contributed by atoms with Crippen molar-refractivity contribution in [3.05, 3.63) is 44.0 Å². The second-order valence-corrected chi connectivity index (χ2v) is 5.63. The van der Waals surface area contributed by atoms with Crippen LogP contribution in [0.25, 0.3) is 0 Å². The van der Waals surface area contributed by atoms with E-state index in [1.165, 1.54) is 0 Å². The molecular weight excluding hydrogens is 324 g/mol. The van der Waals surface area contributed by atoms with Crippen LogP contribution in [0.2, 0.25) is 0 Å². The quantitative estimate of drug-likeness (QED) is 0.437. The first-order chi connectivity index (χ1) is 11.2. The maximum Gasteiger partial charge on any atom is 0.338 e. The van der Waals surface area contributed by atoms with E-state index in [1.54, 1.807) is 13.8 Å². The van der Waals surface area contributed by atoms with E-state index >= 15 is 0 Å². The van der Waals surface area contributed by atoms with E-state index in [2.05, 4.69) is 0 Å². The fourth-order valence-electron chi connectivity index (χ4n) is 2.20.